The molecule has 0 bridgehead atoms. The smallest absolute Gasteiger partial charge is 0.194 e. The van der Waals surface area contributed by atoms with Crippen LogP contribution in [0.4, 0.5) is 17.6 Å². The Kier molecular flexibility index (Phi) is 8.87. The number of benzene rings is 2. The van der Waals surface area contributed by atoms with Crippen LogP contribution >= 0.6 is 0 Å². The molecule has 4 rings (SSSR count). The maximum absolute atomic E-state index is 13.8. The Balaban J connectivity index is 1.39. The number of hydrogen-bond donors (Lipinski definition) is 2. The van der Waals surface area contributed by atoms with Gasteiger partial charge in [0.1, 0.15) is 12.4 Å². The first-order valence-corrected chi connectivity index (χ1v) is 12.5. The van der Waals surface area contributed by atoms with E-state index in [2.05, 4.69) is 21.7 Å². The minimum atomic E-state index is -1.52. The summed E-state index contributed by atoms with van der Waals surface area (Å²) in [4.78, 5) is 6.36. The van der Waals surface area contributed by atoms with Crippen LogP contribution in [0, 0.1) is 34.7 Å². The van der Waals surface area contributed by atoms with Gasteiger partial charge in [-0.05, 0) is 80.1 Å². The molecule has 0 spiro atoms. The number of likely N-dealkylation sites (tertiary alicyclic amines) is 1. The lowest BCUT2D eigenvalue weighted by molar-refractivity contribution is 0.0272. The molecule has 1 aliphatic rings. The molecular formula is C29H30F4N2O3. The van der Waals surface area contributed by atoms with Gasteiger partial charge in [-0.25, -0.2) is 17.6 Å². The number of piperidine rings is 1. The van der Waals surface area contributed by atoms with Crippen molar-refractivity contribution < 1.29 is 32.5 Å². The van der Waals surface area contributed by atoms with Crippen LogP contribution in [0.3, 0.4) is 0 Å². The van der Waals surface area contributed by atoms with Crippen LogP contribution in [0.5, 0.6) is 5.75 Å². The van der Waals surface area contributed by atoms with Crippen molar-refractivity contribution in [3.05, 3.63) is 70.7 Å². The highest BCUT2D eigenvalue weighted by atomic mass is 19.2. The normalized spacial score (nSPS) is 16.2. The molecule has 202 valence electrons. The molecule has 2 N–H and O–H groups in total. The van der Waals surface area contributed by atoms with Gasteiger partial charge in [0.2, 0.25) is 0 Å². The van der Waals surface area contributed by atoms with Gasteiger partial charge in [0.05, 0.1) is 25.3 Å². The Hall–Kier alpha value is -3.19. The molecule has 2 heterocycles. The maximum atomic E-state index is 13.8. The van der Waals surface area contributed by atoms with E-state index in [0.717, 1.165) is 12.1 Å². The fourth-order valence-corrected chi connectivity index (χ4v) is 5.00. The van der Waals surface area contributed by atoms with Gasteiger partial charge in [0.15, 0.2) is 17.5 Å². The molecule has 1 fully saturated rings. The van der Waals surface area contributed by atoms with Gasteiger partial charge in [-0.3, -0.25) is 9.88 Å². The average Bonchev–Trinajstić information content (AvgIpc) is 2.94. The van der Waals surface area contributed by atoms with Crippen LogP contribution < -0.4 is 4.74 Å². The predicted molar refractivity (Wildman–Crippen MR) is 136 cm³/mol. The van der Waals surface area contributed by atoms with Crippen LogP contribution in [0.25, 0.3) is 10.9 Å². The highest BCUT2D eigenvalue weighted by Crippen LogP contribution is 2.39. The molecule has 0 saturated carbocycles. The molecule has 1 aliphatic heterocycles. The monoisotopic (exact) mass is 530 g/mol. The zero-order valence-corrected chi connectivity index (χ0v) is 21.1. The average molecular weight is 531 g/mol. The molecule has 2 aromatic carbocycles. The Morgan fingerprint density at radius 1 is 1.13 bits per heavy atom. The minimum Gasteiger partial charge on any atom is -0.497 e. The van der Waals surface area contributed by atoms with Crippen molar-refractivity contribution in [1.82, 2.24) is 9.88 Å². The third-order valence-corrected chi connectivity index (χ3v) is 7.40. The summed E-state index contributed by atoms with van der Waals surface area (Å²) in [7, 11) is 1.54. The Morgan fingerprint density at radius 2 is 1.84 bits per heavy atom. The number of rotatable bonds is 8. The van der Waals surface area contributed by atoms with E-state index < -0.39 is 35.6 Å². The Bertz CT molecular complexity index is 1320. The number of ether oxygens (including phenoxy) is 1. The number of aliphatic hydroxyl groups is 2. The Morgan fingerprint density at radius 3 is 2.47 bits per heavy atom. The van der Waals surface area contributed by atoms with Crippen molar-refractivity contribution >= 4 is 10.9 Å². The third kappa shape index (κ3) is 6.09. The van der Waals surface area contributed by atoms with Gasteiger partial charge >= 0.3 is 0 Å². The van der Waals surface area contributed by atoms with Crippen molar-refractivity contribution in [2.75, 3.05) is 33.4 Å². The highest BCUT2D eigenvalue weighted by molar-refractivity contribution is 5.85. The molecule has 9 heteroatoms. The molecule has 0 unspecified atom stereocenters. The van der Waals surface area contributed by atoms with Crippen molar-refractivity contribution in [3.63, 3.8) is 0 Å². The van der Waals surface area contributed by atoms with E-state index in [1.165, 1.54) is 13.3 Å². The lowest BCUT2D eigenvalue weighted by Crippen LogP contribution is -2.42. The second kappa shape index (κ2) is 12.1. The van der Waals surface area contributed by atoms with E-state index >= 15 is 0 Å². The second-order valence-corrected chi connectivity index (χ2v) is 9.76. The predicted octanol–water partition coefficient (Wildman–Crippen LogP) is 5.07. The van der Waals surface area contributed by atoms with Gasteiger partial charge in [-0.2, -0.15) is 0 Å². The summed E-state index contributed by atoms with van der Waals surface area (Å²) in [5.74, 6) is 2.04. The standard InChI is InChI=1S/C29H30F4N2O3/c1-38-21-4-5-25-22(15-21)27(20(16-30)17-34-25)26(37)6-7-29(18-36)8-11-35(12-9-29)10-2-3-19-13-23(31)28(33)24(32)14-19/h4-5,13-15,17,26,36-37H,6-12,16,18H2,1H3/t26-/m0/s1. The number of alkyl halides is 1. The SMILES string of the molecule is COc1ccc2ncc(CF)c([C@@H](O)CCC3(CO)CCN(CC#Cc4cc(F)c(F)c(F)c4)CC3)c2c1. The van der Waals surface area contributed by atoms with Gasteiger partial charge < -0.3 is 14.9 Å². The largest absolute Gasteiger partial charge is 0.497 e. The van der Waals surface area contributed by atoms with Crippen molar-refractivity contribution in [3.8, 4) is 17.6 Å². The topological polar surface area (TPSA) is 65.8 Å². The minimum absolute atomic E-state index is 0.0474. The van der Waals surface area contributed by atoms with Gasteiger partial charge in [-0.1, -0.05) is 11.8 Å². The lowest BCUT2D eigenvalue weighted by atomic mass is 9.74. The Labute approximate surface area is 219 Å². The zero-order valence-electron chi connectivity index (χ0n) is 21.1. The van der Waals surface area contributed by atoms with E-state index in [4.69, 9.17) is 4.74 Å². The molecule has 1 atom stereocenters. The third-order valence-electron chi connectivity index (χ3n) is 7.40. The number of methoxy groups -OCH3 is 1. The fourth-order valence-electron chi connectivity index (χ4n) is 5.00. The van der Waals surface area contributed by atoms with Crippen LogP contribution in [0.2, 0.25) is 0 Å². The molecular weight excluding hydrogens is 500 g/mol. The van der Waals surface area contributed by atoms with Crippen molar-refractivity contribution in [2.24, 2.45) is 5.41 Å². The van der Waals surface area contributed by atoms with Crippen molar-refractivity contribution in [1.29, 1.82) is 0 Å². The first kappa shape index (κ1) is 27.8. The van der Waals surface area contributed by atoms with E-state index in [-0.39, 0.29) is 12.2 Å². The highest BCUT2D eigenvalue weighted by Gasteiger charge is 2.34. The summed E-state index contributed by atoms with van der Waals surface area (Å²) < 4.78 is 59.0. The van der Waals surface area contributed by atoms with Gasteiger partial charge in [0.25, 0.3) is 0 Å². The van der Waals surface area contributed by atoms with Crippen molar-refractivity contribution in [2.45, 2.75) is 38.5 Å². The zero-order chi connectivity index (χ0) is 27.3. The maximum Gasteiger partial charge on any atom is 0.194 e. The van der Waals surface area contributed by atoms with E-state index in [0.29, 0.717) is 73.1 Å². The quantitative estimate of drug-likeness (QED) is 0.242. The number of halogens is 4. The summed E-state index contributed by atoms with van der Waals surface area (Å²) in [6.07, 6.45) is 2.71. The molecule has 1 aromatic heterocycles. The van der Waals surface area contributed by atoms with Gasteiger partial charge in [-0.15, -0.1) is 0 Å². The first-order chi connectivity index (χ1) is 18.3. The summed E-state index contributed by atoms with van der Waals surface area (Å²) in [6.45, 7) is 0.833. The van der Waals surface area contributed by atoms with E-state index in [1.807, 2.05) is 0 Å². The second-order valence-electron chi connectivity index (χ2n) is 9.76. The first-order valence-electron chi connectivity index (χ1n) is 12.5. The number of aromatic nitrogens is 1. The number of hydrogen-bond acceptors (Lipinski definition) is 5. The number of nitrogens with zero attached hydrogens (tertiary/aromatic N) is 2. The number of aliphatic hydroxyl groups excluding tert-OH is 2. The molecule has 5 nitrogen and oxygen atoms in total. The fraction of sp³-hybridized carbons (Fsp3) is 0.414. The van der Waals surface area contributed by atoms with Crippen LogP contribution in [0.15, 0.2) is 36.5 Å². The summed E-state index contributed by atoms with van der Waals surface area (Å²) in [6, 6.07) is 7.00. The molecule has 0 amide bonds. The van der Waals surface area contributed by atoms with E-state index in [1.54, 1.807) is 18.2 Å². The summed E-state index contributed by atoms with van der Waals surface area (Å²) in [5.41, 5.74) is 1.11. The summed E-state index contributed by atoms with van der Waals surface area (Å²) >= 11 is 0. The van der Waals surface area contributed by atoms with Crippen LogP contribution in [-0.2, 0) is 6.67 Å². The van der Waals surface area contributed by atoms with Crippen LogP contribution in [-0.4, -0.2) is 53.4 Å². The number of pyridine rings is 1. The molecule has 3 aromatic rings. The number of fused-ring (bicyclic) bond motifs is 1. The molecule has 0 aliphatic carbocycles. The van der Waals surface area contributed by atoms with E-state index in [9.17, 15) is 27.8 Å². The lowest BCUT2D eigenvalue weighted by Gasteiger charge is -2.40. The van der Waals surface area contributed by atoms with Crippen LogP contribution in [0.1, 0.15) is 48.5 Å². The molecule has 1 saturated heterocycles. The molecule has 0 radical (unpaired) electrons. The summed E-state index contributed by atoms with van der Waals surface area (Å²) in [5, 5.41) is 22.0. The van der Waals surface area contributed by atoms with Gasteiger partial charge in [0, 0.05) is 29.3 Å². The molecule has 38 heavy (non-hydrogen) atoms.